The Hall–Kier alpha value is -2.45. The zero-order valence-corrected chi connectivity index (χ0v) is 8.59. The lowest BCUT2D eigenvalue weighted by Crippen LogP contribution is -2.09. The number of carboxylic acids is 1. The van der Waals surface area contributed by atoms with Crippen molar-refractivity contribution in [3.8, 4) is 5.95 Å². The summed E-state index contributed by atoms with van der Waals surface area (Å²) in [6.07, 6.45) is -1.54. The number of nitrogens with zero attached hydrogens (tertiary/aromatic N) is 4. The van der Waals surface area contributed by atoms with Gasteiger partial charge >= 0.3 is 12.1 Å². The van der Waals surface area contributed by atoms with Gasteiger partial charge in [0, 0.05) is 18.6 Å². The van der Waals surface area contributed by atoms with Crippen molar-refractivity contribution < 1.29 is 23.1 Å². The van der Waals surface area contributed by atoms with Gasteiger partial charge in [-0.3, -0.25) is 0 Å². The van der Waals surface area contributed by atoms with Crippen LogP contribution in [0, 0.1) is 0 Å². The molecule has 0 aromatic carbocycles. The summed E-state index contributed by atoms with van der Waals surface area (Å²) in [5.74, 6) is -1.37. The third-order valence-electron chi connectivity index (χ3n) is 1.97. The lowest BCUT2D eigenvalue weighted by Gasteiger charge is -2.01. The van der Waals surface area contributed by atoms with Crippen molar-refractivity contribution in [1.82, 2.24) is 19.7 Å². The molecule has 2 aromatic rings. The maximum Gasteiger partial charge on any atom is 0.435 e. The van der Waals surface area contributed by atoms with Crippen molar-refractivity contribution in [2.24, 2.45) is 0 Å². The second-order valence-corrected chi connectivity index (χ2v) is 3.22. The van der Waals surface area contributed by atoms with E-state index >= 15 is 0 Å². The number of hydrogen-bond acceptors (Lipinski definition) is 4. The van der Waals surface area contributed by atoms with Crippen LogP contribution in [0.2, 0.25) is 0 Å². The van der Waals surface area contributed by atoms with E-state index in [9.17, 15) is 18.0 Å². The minimum atomic E-state index is -4.55. The molecule has 18 heavy (non-hydrogen) atoms. The highest BCUT2D eigenvalue weighted by atomic mass is 19.4. The molecule has 6 nitrogen and oxygen atoms in total. The average molecular weight is 258 g/mol. The van der Waals surface area contributed by atoms with Crippen LogP contribution in [0.25, 0.3) is 5.95 Å². The fourth-order valence-electron chi connectivity index (χ4n) is 1.14. The summed E-state index contributed by atoms with van der Waals surface area (Å²) in [4.78, 5) is 17.7. The van der Waals surface area contributed by atoms with Crippen LogP contribution >= 0.6 is 0 Å². The number of rotatable bonds is 2. The van der Waals surface area contributed by atoms with Gasteiger partial charge in [0.15, 0.2) is 5.69 Å². The molecular formula is C9H5F3N4O2. The Labute approximate surface area is 97.7 Å². The van der Waals surface area contributed by atoms with Crippen molar-refractivity contribution >= 4 is 5.97 Å². The lowest BCUT2D eigenvalue weighted by atomic mass is 10.4. The second-order valence-electron chi connectivity index (χ2n) is 3.22. The third kappa shape index (κ3) is 2.29. The van der Waals surface area contributed by atoms with Crippen LogP contribution in [0.5, 0.6) is 0 Å². The van der Waals surface area contributed by atoms with E-state index in [1.165, 1.54) is 0 Å². The normalized spacial score (nSPS) is 11.5. The number of alkyl halides is 3. The number of aromatic nitrogens is 4. The smallest absolute Gasteiger partial charge is 0.435 e. The average Bonchev–Trinajstić information content (AvgIpc) is 2.78. The van der Waals surface area contributed by atoms with Gasteiger partial charge in [0.05, 0.1) is 5.56 Å². The number of carbonyl (C=O) groups is 1. The maximum atomic E-state index is 12.3. The number of carboxylic acid groups (broad SMARTS) is 1. The van der Waals surface area contributed by atoms with Gasteiger partial charge in [0.2, 0.25) is 5.95 Å². The van der Waals surface area contributed by atoms with Crippen LogP contribution in [0.15, 0.2) is 24.7 Å². The Kier molecular flexibility index (Phi) is 2.73. The molecule has 0 saturated carbocycles. The highest BCUT2D eigenvalue weighted by Crippen LogP contribution is 2.27. The van der Waals surface area contributed by atoms with E-state index in [1.807, 2.05) is 0 Å². The monoisotopic (exact) mass is 258 g/mol. The molecule has 0 fully saturated rings. The van der Waals surface area contributed by atoms with E-state index < -0.39 is 17.8 Å². The van der Waals surface area contributed by atoms with E-state index in [2.05, 4.69) is 15.1 Å². The van der Waals surface area contributed by atoms with Crippen molar-refractivity contribution in [2.45, 2.75) is 6.18 Å². The largest absolute Gasteiger partial charge is 0.478 e. The Morgan fingerprint density at radius 2 is 1.89 bits per heavy atom. The van der Waals surface area contributed by atoms with E-state index in [1.54, 1.807) is 0 Å². The van der Waals surface area contributed by atoms with Gasteiger partial charge in [-0.1, -0.05) is 0 Å². The van der Waals surface area contributed by atoms with Gasteiger partial charge in [-0.2, -0.15) is 18.3 Å². The van der Waals surface area contributed by atoms with Gasteiger partial charge < -0.3 is 5.11 Å². The van der Waals surface area contributed by atoms with Crippen LogP contribution in [0.3, 0.4) is 0 Å². The van der Waals surface area contributed by atoms with E-state index in [4.69, 9.17) is 5.11 Å². The predicted octanol–water partition coefficient (Wildman–Crippen LogP) is 1.38. The summed E-state index contributed by atoms with van der Waals surface area (Å²) in [6.45, 7) is 0. The third-order valence-corrected chi connectivity index (χ3v) is 1.97. The molecule has 0 atom stereocenters. The molecule has 0 radical (unpaired) electrons. The van der Waals surface area contributed by atoms with Gasteiger partial charge in [-0.05, 0) is 6.07 Å². The summed E-state index contributed by atoms with van der Waals surface area (Å²) in [7, 11) is 0. The summed E-state index contributed by atoms with van der Waals surface area (Å²) in [5, 5.41) is 11.9. The summed E-state index contributed by atoms with van der Waals surface area (Å²) >= 11 is 0. The highest BCUT2D eigenvalue weighted by molar-refractivity contribution is 5.86. The zero-order valence-electron chi connectivity index (χ0n) is 8.59. The summed E-state index contributed by atoms with van der Waals surface area (Å²) < 4.78 is 37.7. The molecule has 1 N–H and O–H groups in total. The number of hydrogen-bond donors (Lipinski definition) is 1. The van der Waals surface area contributed by atoms with Crippen molar-refractivity contribution in [1.29, 1.82) is 0 Å². The first-order valence-electron chi connectivity index (χ1n) is 4.56. The first-order chi connectivity index (χ1) is 8.38. The van der Waals surface area contributed by atoms with Crippen LogP contribution in [-0.4, -0.2) is 30.8 Å². The van der Waals surface area contributed by atoms with Crippen molar-refractivity contribution in [3.63, 3.8) is 0 Å². The quantitative estimate of drug-likeness (QED) is 0.880. The minimum absolute atomic E-state index is 0.143. The SMILES string of the molecule is O=C(O)c1cnc(-n2ccc(C(F)(F)F)n2)nc1. The molecule has 0 amide bonds. The molecule has 0 bridgehead atoms. The van der Waals surface area contributed by atoms with Gasteiger partial charge in [0.1, 0.15) is 0 Å². The van der Waals surface area contributed by atoms with Gasteiger partial charge in [-0.25, -0.2) is 19.4 Å². The molecule has 0 aliphatic carbocycles. The second kappa shape index (κ2) is 4.09. The Bertz CT molecular complexity index is 576. The van der Waals surface area contributed by atoms with E-state index in [0.717, 1.165) is 29.3 Å². The van der Waals surface area contributed by atoms with E-state index in [0.29, 0.717) is 0 Å². The fraction of sp³-hybridized carbons (Fsp3) is 0.111. The molecular weight excluding hydrogens is 253 g/mol. The molecule has 2 rings (SSSR count). The molecule has 0 spiro atoms. The van der Waals surface area contributed by atoms with Gasteiger partial charge in [-0.15, -0.1) is 0 Å². The molecule has 0 saturated heterocycles. The van der Waals surface area contributed by atoms with E-state index in [-0.39, 0.29) is 11.5 Å². The fourth-order valence-corrected chi connectivity index (χ4v) is 1.14. The Balaban J connectivity index is 2.32. The maximum absolute atomic E-state index is 12.3. The predicted molar refractivity (Wildman–Crippen MR) is 51.1 cm³/mol. The number of aromatic carboxylic acids is 1. The minimum Gasteiger partial charge on any atom is -0.478 e. The standard InChI is InChI=1S/C9H5F3N4O2/c10-9(11,12)6-1-2-16(15-6)8-13-3-5(4-14-8)7(17)18/h1-4H,(H,17,18). The Morgan fingerprint density at radius 1 is 1.28 bits per heavy atom. The van der Waals surface area contributed by atoms with Crippen LogP contribution in [0.4, 0.5) is 13.2 Å². The molecule has 0 aliphatic rings. The molecule has 9 heteroatoms. The van der Waals surface area contributed by atoms with Crippen molar-refractivity contribution in [2.75, 3.05) is 0 Å². The van der Waals surface area contributed by atoms with Crippen LogP contribution < -0.4 is 0 Å². The molecule has 2 heterocycles. The molecule has 94 valence electrons. The zero-order chi connectivity index (χ0) is 13.3. The van der Waals surface area contributed by atoms with Crippen LogP contribution in [-0.2, 0) is 6.18 Å². The molecule has 0 aliphatic heterocycles. The number of halogens is 3. The first kappa shape index (κ1) is 12.0. The first-order valence-corrected chi connectivity index (χ1v) is 4.56. The Morgan fingerprint density at radius 3 is 2.33 bits per heavy atom. The molecule has 2 aromatic heterocycles. The lowest BCUT2D eigenvalue weighted by molar-refractivity contribution is -0.141. The van der Waals surface area contributed by atoms with Crippen molar-refractivity contribution in [3.05, 3.63) is 35.9 Å². The topological polar surface area (TPSA) is 80.9 Å². The highest BCUT2D eigenvalue weighted by Gasteiger charge is 2.33. The van der Waals surface area contributed by atoms with Gasteiger partial charge in [0.25, 0.3) is 0 Å². The van der Waals surface area contributed by atoms with Crippen LogP contribution in [0.1, 0.15) is 16.1 Å². The summed E-state index contributed by atoms with van der Waals surface area (Å²) in [5.41, 5.74) is -1.24. The summed E-state index contributed by atoms with van der Waals surface area (Å²) in [6, 6.07) is 0.772. The molecule has 0 unspecified atom stereocenters.